The number of hydrogen-bond acceptors (Lipinski definition) is 9. The van der Waals surface area contributed by atoms with Gasteiger partial charge in [-0.05, 0) is 65.3 Å². The minimum Gasteiger partial charge on any atom is -0.333 e. The quantitative estimate of drug-likeness (QED) is 0.498. The Balaban J connectivity index is 1.37. The van der Waals surface area contributed by atoms with Gasteiger partial charge >= 0.3 is 0 Å². The maximum Gasteiger partial charge on any atom is 0.287 e. The molecule has 3 atom stereocenters. The Morgan fingerprint density at radius 2 is 1.89 bits per heavy atom. The molecule has 2 aromatic rings. The Morgan fingerprint density at radius 1 is 1.16 bits per heavy atom. The van der Waals surface area contributed by atoms with E-state index in [0.717, 1.165) is 48.8 Å². The summed E-state index contributed by atoms with van der Waals surface area (Å²) < 4.78 is 55.8. The smallest absolute Gasteiger partial charge is 0.287 e. The zero-order valence-electron chi connectivity index (χ0n) is 19.9. The van der Waals surface area contributed by atoms with Crippen LogP contribution < -0.4 is 10.0 Å². The van der Waals surface area contributed by atoms with Gasteiger partial charge in [-0.1, -0.05) is 0 Å². The van der Waals surface area contributed by atoms with Gasteiger partial charge in [-0.15, -0.1) is 15.7 Å². The van der Waals surface area contributed by atoms with Crippen molar-refractivity contribution in [1.29, 1.82) is 0 Å². The van der Waals surface area contributed by atoms with E-state index in [-0.39, 0.29) is 57.4 Å². The number of likely N-dealkylation sites (tertiary alicyclic amines) is 1. The molecule has 2 aliphatic heterocycles. The zero-order valence-corrected chi connectivity index (χ0v) is 23.2. The van der Waals surface area contributed by atoms with Crippen LogP contribution in [-0.2, 0) is 42.7 Å². The Bertz CT molecular complexity index is 1500. The second-order valence-electron chi connectivity index (χ2n) is 10.2. The molecule has 0 aromatic carbocycles. The molecule has 4 heterocycles. The number of carbonyl (C=O) groups excluding carboxylic acids is 2. The zero-order chi connectivity index (χ0) is 26.1. The number of hydrogen-bond donors (Lipinski definition) is 2. The Hall–Kier alpha value is -2.13. The molecule has 3 aliphatic carbocycles. The average molecular weight is 583 g/mol. The highest BCUT2D eigenvalue weighted by molar-refractivity contribution is 7.91. The molecule has 4 fully saturated rings. The molecule has 2 aromatic heterocycles. The Kier molecular flexibility index (Phi) is 6.10. The average Bonchev–Trinajstić information content (AvgIpc) is 3.50. The highest BCUT2D eigenvalue weighted by Crippen LogP contribution is 2.51. The van der Waals surface area contributed by atoms with Crippen molar-refractivity contribution >= 4 is 65.2 Å². The maximum atomic E-state index is 14.0. The number of sulfonamides is 2. The first-order valence-corrected chi connectivity index (χ1v) is 17.2. The first-order chi connectivity index (χ1) is 17.5. The maximum absolute atomic E-state index is 14.0. The van der Waals surface area contributed by atoms with Gasteiger partial charge in [0.1, 0.15) is 15.7 Å². The third-order valence-electron chi connectivity index (χ3n) is 7.94. The van der Waals surface area contributed by atoms with Crippen LogP contribution in [0.4, 0.5) is 5.00 Å². The Labute approximate surface area is 223 Å². The number of piperidine rings is 1. The van der Waals surface area contributed by atoms with Gasteiger partial charge in [0.15, 0.2) is 11.7 Å². The predicted molar refractivity (Wildman–Crippen MR) is 140 cm³/mol. The highest BCUT2D eigenvalue weighted by atomic mass is 32.2. The fourth-order valence-corrected chi connectivity index (χ4v) is 10.2. The van der Waals surface area contributed by atoms with Crippen LogP contribution >= 0.6 is 22.7 Å². The summed E-state index contributed by atoms with van der Waals surface area (Å²) in [5.74, 6) is -2.03. The summed E-state index contributed by atoms with van der Waals surface area (Å²) in [6, 6.07) is 1.79. The van der Waals surface area contributed by atoms with Gasteiger partial charge in [0.25, 0.3) is 10.0 Å². The van der Waals surface area contributed by atoms with Gasteiger partial charge < -0.3 is 10.2 Å². The molecule has 0 radical (unpaired) electrons. The molecular weight excluding hydrogens is 557 g/mol. The molecule has 2 bridgehead atoms. The monoisotopic (exact) mass is 582 g/mol. The third kappa shape index (κ3) is 4.36. The summed E-state index contributed by atoms with van der Waals surface area (Å²) >= 11 is 2.62. The molecule has 1 saturated heterocycles. The number of anilines is 1. The van der Waals surface area contributed by atoms with Crippen LogP contribution in [-0.4, -0.2) is 51.6 Å². The fraction of sp³-hybridized carbons (Fsp3) is 0.522. The van der Waals surface area contributed by atoms with Crippen LogP contribution in [0.2, 0.25) is 0 Å². The van der Waals surface area contributed by atoms with Crippen LogP contribution in [0.25, 0.3) is 0 Å². The van der Waals surface area contributed by atoms with E-state index >= 15 is 0 Å². The summed E-state index contributed by atoms with van der Waals surface area (Å²) in [7, 11) is -7.81. The molecule has 0 spiro atoms. The molecule has 3 saturated carbocycles. The lowest BCUT2D eigenvalue weighted by Crippen LogP contribution is -2.66. The Morgan fingerprint density at radius 3 is 2.57 bits per heavy atom. The van der Waals surface area contributed by atoms with Crippen LogP contribution in [0.15, 0.2) is 31.5 Å². The van der Waals surface area contributed by atoms with Gasteiger partial charge in [-0.3, -0.25) is 9.59 Å². The summed E-state index contributed by atoms with van der Waals surface area (Å²) in [6.07, 6.45) is 4.85. The highest BCUT2D eigenvalue weighted by Gasteiger charge is 2.58. The van der Waals surface area contributed by atoms with Crippen molar-refractivity contribution in [2.45, 2.75) is 49.7 Å². The van der Waals surface area contributed by atoms with Crippen molar-refractivity contribution in [2.75, 3.05) is 11.6 Å². The molecule has 14 heteroatoms. The van der Waals surface area contributed by atoms with Crippen LogP contribution in [0.1, 0.15) is 36.8 Å². The van der Waals surface area contributed by atoms with Crippen molar-refractivity contribution in [3.05, 3.63) is 33.3 Å². The van der Waals surface area contributed by atoms with E-state index in [1.807, 2.05) is 16.8 Å². The predicted octanol–water partition coefficient (Wildman–Crippen LogP) is 2.40. The van der Waals surface area contributed by atoms with Gasteiger partial charge in [0.2, 0.25) is 15.9 Å². The van der Waals surface area contributed by atoms with E-state index in [1.54, 1.807) is 16.2 Å². The van der Waals surface area contributed by atoms with Gasteiger partial charge in [0.05, 0.1) is 6.26 Å². The van der Waals surface area contributed by atoms with Crippen molar-refractivity contribution < 1.29 is 26.4 Å². The lowest BCUT2D eigenvalue weighted by Gasteiger charge is -2.55. The SMILES string of the molecule is CS(=O)(=O)NCc1csc2c1S(=O)(=O)N=C(C1C(=O)[C@@H]3C4CCC(CC4)[C@@H]3N(Cc3ccsc3)C1=O)N2. The first kappa shape index (κ1) is 25.2. The van der Waals surface area contributed by atoms with Gasteiger partial charge in [-0.2, -0.15) is 19.8 Å². The summed E-state index contributed by atoms with van der Waals surface area (Å²) in [6.45, 7) is 0.168. The fourth-order valence-electron chi connectivity index (χ4n) is 6.43. The molecule has 7 rings (SSSR count). The molecular formula is C23H26N4O6S4. The van der Waals surface area contributed by atoms with E-state index in [2.05, 4.69) is 14.4 Å². The van der Waals surface area contributed by atoms with E-state index < -0.39 is 31.9 Å². The molecule has 198 valence electrons. The topological polar surface area (TPSA) is 142 Å². The summed E-state index contributed by atoms with van der Waals surface area (Å²) in [5.41, 5.74) is 1.24. The normalized spacial score (nSPS) is 30.5. The molecule has 2 N–H and O–H groups in total. The van der Waals surface area contributed by atoms with Gasteiger partial charge in [0, 0.05) is 30.6 Å². The number of amides is 1. The number of nitrogens with zero attached hydrogens (tertiary/aromatic N) is 2. The summed E-state index contributed by atoms with van der Waals surface area (Å²) in [4.78, 5) is 29.5. The molecule has 1 unspecified atom stereocenters. The number of thiophene rings is 2. The number of ketones is 1. The molecule has 37 heavy (non-hydrogen) atoms. The lowest BCUT2D eigenvalue weighted by molar-refractivity contribution is -0.162. The standard InChI is InChI=1S/C23H26N4O6S4/c1-36(30,31)24-8-15-11-35-22-20(15)37(32,33)26-21(25-22)17-19(28)16-13-2-4-14(5-3-13)18(16)27(23(17)29)9-12-6-7-34-10-12/h6-7,10-11,13-14,16-18,24H,2-5,8-9H2,1H3,(H,25,26)/t13?,14?,16-,17?,18+/m1/s1. The second-order valence-corrected chi connectivity index (χ2v) is 15.2. The van der Waals surface area contributed by atoms with Crippen molar-refractivity contribution in [3.63, 3.8) is 0 Å². The lowest BCUT2D eigenvalue weighted by atomic mass is 9.57. The number of rotatable bonds is 6. The number of Topliss-reactive ketones (excluding diaryl/α,β-unsaturated/α-hetero) is 1. The molecule has 5 aliphatic rings. The van der Waals surface area contributed by atoms with Crippen LogP contribution in [0, 0.1) is 23.7 Å². The number of nitrogens with one attached hydrogen (secondary N) is 2. The van der Waals surface area contributed by atoms with E-state index in [4.69, 9.17) is 0 Å². The minimum atomic E-state index is -4.27. The van der Waals surface area contributed by atoms with E-state index in [1.165, 1.54) is 5.38 Å². The van der Waals surface area contributed by atoms with Crippen molar-refractivity contribution in [2.24, 2.45) is 28.1 Å². The van der Waals surface area contributed by atoms with E-state index in [9.17, 15) is 26.4 Å². The second kappa shape index (κ2) is 8.97. The molecule has 10 nitrogen and oxygen atoms in total. The van der Waals surface area contributed by atoms with E-state index in [0.29, 0.717) is 6.54 Å². The van der Waals surface area contributed by atoms with Gasteiger partial charge in [-0.25, -0.2) is 13.1 Å². The summed E-state index contributed by atoms with van der Waals surface area (Å²) in [5, 5.41) is 8.67. The van der Waals surface area contributed by atoms with Crippen molar-refractivity contribution in [1.82, 2.24) is 9.62 Å². The number of carbonyl (C=O) groups is 2. The number of fused-ring (bicyclic) bond motifs is 3. The first-order valence-electron chi connectivity index (χ1n) is 12.1. The van der Waals surface area contributed by atoms with Crippen LogP contribution in [0.3, 0.4) is 0 Å². The van der Waals surface area contributed by atoms with Crippen molar-refractivity contribution in [3.8, 4) is 0 Å². The third-order valence-corrected chi connectivity index (χ3v) is 11.8. The number of amidine groups is 1. The molecule has 1 amide bonds. The largest absolute Gasteiger partial charge is 0.333 e. The van der Waals surface area contributed by atoms with Crippen LogP contribution in [0.5, 0.6) is 0 Å². The minimum absolute atomic E-state index is 0.127.